The lowest BCUT2D eigenvalue weighted by Crippen LogP contribution is -2.41. The molecule has 1 aromatic rings. The Morgan fingerprint density at radius 3 is 3.16 bits per heavy atom. The lowest BCUT2D eigenvalue weighted by Gasteiger charge is -2.22. The number of sulfonamides is 1. The molecule has 0 saturated carbocycles. The summed E-state index contributed by atoms with van der Waals surface area (Å²) in [4.78, 5) is 0. The lowest BCUT2D eigenvalue weighted by atomic mass is 10.2. The molecule has 0 amide bonds. The summed E-state index contributed by atoms with van der Waals surface area (Å²) in [5.74, 6) is 0. The van der Waals surface area contributed by atoms with Gasteiger partial charge in [0, 0.05) is 19.9 Å². The third-order valence-electron chi connectivity index (χ3n) is 3.11. The molecule has 2 heterocycles. The van der Waals surface area contributed by atoms with Crippen LogP contribution in [0.25, 0.3) is 0 Å². The molecule has 7 nitrogen and oxygen atoms in total. The average molecular weight is 288 g/mol. The van der Waals surface area contributed by atoms with Crippen LogP contribution in [0.2, 0.25) is 0 Å². The Morgan fingerprint density at radius 1 is 1.63 bits per heavy atom. The Balaban J connectivity index is 1.97. The van der Waals surface area contributed by atoms with Gasteiger partial charge in [-0.1, -0.05) is 0 Å². The molecule has 1 fully saturated rings. The van der Waals surface area contributed by atoms with Gasteiger partial charge in [-0.25, -0.2) is 8.42 Å². The van der Waals surface area contributed by atoms with E-state index in [1.807, 2.05) is 0 Å². The summed E-state index contributed by atoms with van der Waals surface area (Å²) in [6.45, 7) is 2.54. The van der Waals surface area contributed by atoms with Gasteiger partial charge in [0.05, 0.1) is 30.3 Å². The Bertz CT molecular complexity index is 494. The number of hydrogen-bond donors (Lipinski definition) is 2. The van der Waals surface area contributed by atoms with E-state index in [2.05, 4.69) is 15.1 Å². The topological polar surface area (TPSA) is 85.2 Å². The molecule has 1 atom stereocenters. The van der Waals surface area contributed by atoms with Crippen molar-refractivity contribution in [2.24, 2.45) is 0 Å². The van der Waals surface area contributed by atoms with Gasteiger partial charge in [-0.05, 0) is 19.4 Å². The molecule has 0 aliphatic carbocycles. The summed E-state index contributed by atoms with van der Waals surface area (Å²) in [5.41, 5.74) is 0.502. The molecule has 0 spiro atoms. The molecule has 0 radical (unpaired) electrons. The van der Waals surface area contributed by atoms with Crippen LogP contribution in [-0.4, -0.2) is 50.3 Å². The van der Waals surface area contributed by atoms with Gasteiger partial charge in [-0.3, -0.25) is 9.40 Å². The molecular formula is C11H20N4O3S. The van der Waals surface area contributed by atoms with Gasteiger partial charge >= 0.3 is 0 Å². The Hall–Kier alpha value is -1.12. The van der Waals surface area contributed by atoms with E-state index < -0.39 is 10.0 Å². The molecule has 1 unspecified atom stereocenters. The van der Waals surface area contributed by atoms with Crippen LogP contribution < -0.4 is 10.0 Å². The average Bonchev–Trinajstić information content (AvgIpc) is 2.84. The predicted octanol–water partition coefficient (Wildman–Crippen LogP) is 0.0232. The fourth-order valence-electron chi connectivity index (χ4n) is 2.06. The van der Waals surface area contributed by atoms with E-state index in [-0.39, 0.29) is 5.25 Å². The molecule has 0 aromatic carbocycles. The van der Waals surface area contributed by atoms with Crippen molar-refractivity contribution < 1.29 is 13.2 Å². The van der Waals surface area contributed by atoms with Crippen LogP contribution in [0.15, 0.2) is 12.4 Å². The summed E-state index contributed by atoms with van der Waals surface area (Å²) >= 11 is 0. The molecule has 1 aromatic heterocycles. The number of piperidine rings is 1. The van der Waals surface area contributed by atoms with Crippen LogP contribution in [0, 0.1) is 0 Å². The zero-order valence-electron chi connectivity index (χ0n) is 11.0. The number of ether oxygens (including phenoxy) is 1. The largest absolute Gasteiger partial charge is 0.383 e. The van der Waals surface area contributed by atoms with E-state index in [0.29, 0.717) is 31.8 Å². The van der Waals surface area contributed by atoms with Gasteiger partial charge in [-0.15, -0.1) is 0 Å². The normalized spacial score (nSPS) is 20.4. The Kier molecular flexibility index (Phi) is 4.78. The maximum absolute atomic E-state index is 12.2. The van der Waals surface area contributed by atoms with Crippen molar-refractivity contribution in [3.05, 3.63) is 12.4 Å². The SMILES string of the molecule is COCCn1cc(NS(=O)(=O)C2CCCNC2)cn1. The molecule has 1 aliphatic rings. The maximum atomic E-state index is 12.2. The Labute approximate surface area is 113 Å². The number of nitrogens with zero attached hydrogens (tertiary/aromatic N) is 2. The second kappa shape index (κ2) is 6.36. The van der Waals surface area contributed by atoms with Crippen LogP contribution in [0.4, 0.5) is 5.69 Å². The van der Waals surface area contributed by atoms with Crippen molar-refractivity contribution in [1.82, 2.24) is 15.1 Å². The maximum Gasteiger partial charge on any atom is 0.236 e. The van der Waals surface area contributed by atoms with Gasteiger partial charge in [-0.2, -0.15) is 5.10 Å². The van der Waals surface area contributed by atoms with Crippen LogP contribution >= 0.6 is 0 Å². The standard InChI is InChI=1S/C11H20N4O3S/c1-18-6-5-15-9-10(7-13-15)14-19(16,17)11-3-2-4-12-8-11/h7,9,11-12,14H,2-6,8H2,1H3. The highest BCUT2D eigenvalue weighted by Crippen LogP contribution is 2.16. The van der Waals surface area contributed by atoms with E-state index in [4.69, 9.17) is 4.74 Å². The molecular weight excluding hydrogens is 268 g/mol. The van der Waals surface area contributed by atoms with Crippen molar-refractivity contribution in [2.75, 3.05) is 31.5 Å². The summed E-state index contributed by atoms with van der Waals surface area (Å²) in [7, 11) is -1.73. The van der Waals surface area contributed by atoms with Gasteiger partial charge in [0.1, 0.15) is 0 Å². The summed E-state index contributed by atoms with van der Waals surface area (Å²) in [5, 5.41) is 6.81. The third kappa shape index (κ3) is 3.92. The number of anilines is 1. The smallest absolute Gasteiger partial charge is 0.236 e. The summed E-state index contributed by atoms with van der Waals surface area (Å²) in [6, 6.07) is 0. The Morgan fingerprint density at radius 2 is 2.47 bits per heavy atom. The fraction of sp³-hybridized carbons (Fsp3) is 0.727. The van der Waals surface area contributed by atoms with E-state index in [1.54, 1.807) is 18.0 Å². The van der Waals surface area contributed by atoms with E-state index in [1.165, 1.54) is 6.20 Å². The highest BCUT2D eigenvalue weighted by Gasteiger charge is 2.27. The zero-order valence-corrected chi connectivity index (χ0v) is 11.8. The van der Waals surface area contributed by atoms with Crippen molar-refractivity contribution in [3.63, 3.8) is 0 Å². The molecule has 19 heavy (non-hydrogen) atoms. The van der Waals surface area contributed by atoms with Crippen molar-refractivity contribution in [3.8, 4) is 0 Å². The second-order valence-corrected chi connectivity index (χ2v) is 6.56. The van der Waals surface area contributed by atoms with Crippen molar-refractivity contribution in [1.29, 1.82) is 0 Å². The molecule has 2 rings (SSSR count). The van der Waals surface area contributed by atoms with Crippen LogP contribution in [0.1, 0.15) is 12.8 Å². The van der Waals surface area contributed by atoms with Crippen LogP contribution in [-0.2, 0) is 21.3 Å². The summed E-state index contributed by atoms with van der Waals surface area (Å²) in [6.07, 6.45) is 4.77. The zero-order chi connectivity index (χ0) is 13.7. The summed E-state index contributed by atoms with van der Waals surface area (Å²) < 4.78 is 33.5. The molecule has 1 aliphatic heterocycles. The molecule has 8 heteroatoms. The number of methoxy groups -OCH3 is 1. The number of rotatable bonds is 6. The fourth-order valence-corrected chi connectivity index (χ4v) is 3.47. The van der Waals surface area contributed by atoms with Gasteiger partial charge in [0.15, 0.2) is 0 Å². The molecule has 1 saturated heterocycles. The minimum absolute atomic E-state index is 0.372. The molecule has 108 valence electrons. The molecule has 0 bridgehead atoms. The third-order valence-corrected chi connectivity index (χ3v) is 4.91. The number of aromatic nitrogens is 2. The first-order chi connectivity index (χ1) is 9.12. The van der Waals surface area contributed by atoms with Crippen LogP contribution in [0.3, 0.4) is 0 Å². The minimum atomic E-state index is -3.34. The van der Waals surface area contributed by atoms with E-state index in [0.717, 1.165) is 13.0 Å². The highest BCUT2D eigenvalue weighted by molar-refractivity contribution is 7.93. The second-order valence-electron chi connectivity index (χ2n) is 4.60. The van der Waals surface area contributed by atoms with Gasteiger partial charge in [0.2, 0.25) is 10.0 Å². The van der Waals surface area contributed by atoms with E-state index >= 15 is 0 Å². The van der Waals surface area contributed by atoms with Crippen molar-refractivity contribution >= 4 is 15.7 Å². The first kappa shape index (κ1) is 14.3. The first-order valence-electron chi connectivity index (χ1n) is 6.35. The van der Waals surface area contributed by atoms with Gasteiger partial charge in [0.25, 0.3) is 0 Å². The van der Waals surface area contributed by atoms with Gasteiger partial charge < -0.3 is 10.1 Å². The lowest BCUT2D eigenvalue weighted by molar-refractivity contribution is 0.183. The first-order valence-corrected chi connectivity index (χ1v) is 7.90. The quantitative estimate of drug-likeness (QED) is 0.771. The van der Waals surface area contributed by atoms with Crippen LogP contribution in [0.5, 0.6) is 0 Å². The van der Waals surface area contributed by atoms with Crippen molar-refractivity contribution in [2.45, 2.75) is 24.6 Å². The number of hydrogen-bond acceptors (Lipinski definition) is 5. The van der Waals surface area contributed by atoms with E-state index in [9.17, 15) is 8.42 Å². The minimum Gasteiger partial charge on any atom is -0.383 e. The number of nitrogens with one attached hydrogen (secondary N) is 2. The highest BCUT2D eigenvalue weighted by atomic mass is 32.2. The molecule has 2 N–H and O–H groups in total. The monoisotopic (exact) mass is 288 g/mol. The predicted molar refractivity (Wildman–Crippen MR) is 72.5 cm³/mol.